The number of benzene rings is 3. The Morgan fingerprint density at radius 1 is 0.920 bits per heavy atom. The summed E-state index contributed by atoms with van der Waals surface area (Å²) < 4.78 is 6.90. The number of rotatable bonds is 6. The van der Waals surface area contributed by atoms with E-state index < -0.39 is 0 Å². The molecule has 0 aliphatic rings. The van der Waals surface area contributed by atoms with Gasteiger partial charge in [-0.05, 0) is 60.0 Å². The summed E-state index contributed by atoms with van der Waals surface area (Å²) in [4.78, 5) is 0. The maximum Gasteiger partial charge on any atom is 0.119 e. The van der Waals surface area contributed by atoms with Gasteiger partial charge in [0.15, 0.2) is 0 Å². The Morgan fingerprint density at radius 2 is 1.60 bits per heavy atom. The quantitative estimate of drug-likeness (QED) is 0.488. The predicted molar refractivity (Wildman–Crippen MR) is 108 cm³/mol. The highest BCUT2D eigenvalue weighted by Gasteiger charge is 2.00. The lowest BCUT2D eigenvalue weighted by Crippen LogP contribution is -2.00. The Morgan fingerprint density at radius 3 is 2.28 bits per heavy atom. The average molecular weight is 417 g/mol. The fraction of sp³-hybridized carbons (Fsp3) is 0.143. The second-order valence-electron chi connectivity index (χ2n) is 5.88. The molecule has 0 saturated carbocycles. The van der Waals surface area contributed by atoms with E-state index in [0.29, 0.717) is 6.61 Å². The van der Waals surface area contributed by atoms with Gasteiger partial charge in [-0.25, -0.2) is 0 Å². The van der Waals surface area contributed by atoms with Crippen molar-refractivity contribution >= 4 is 33.2 Å². The van der Waals surface area contributed by atoms with Gasteiger partial charge in [0.2, 0.25) is 0 Å². The molecule has 0 spiro atoms. The number of halogens is 2. The van der Waals surface area contributed by atoms with Crippen molar-refractivity contribution in [3.8, 4) is 5.75 Å². The van der Waals surface area contributed by atoms with Crippen LogP contribution in [0.2, 0.25) is 5.02 Å². The molecule has 128 valence electrons. The number of anilines is 1. The predicted octanol–water partition coefficient (Wildman–Crippen LogP) is 6.60. The zero-order valence-electron chi connectivity index (χ0n) is 13.9. The van der Waals surface area contributed by atoms with E-state index in [1.165, 1.54) is 5.56 Å². The van der Waals surface area contributed by atoms with Gasteiger partial charge in [0.1, 0.15) is 12.4 Å². The van der Waals surface area contributed by atoms with Gasteiger partial charge in [-0.1, -0.05) is 57.9 Å². The molecule has 0 unspecified atom stereocenters. The molecule has 0 radical (unpaired) electrons. The summed E-state index contributed by atoms with van der Waals surface area (Å²) in [5, 5.41) is 4.16. The SMILES string of the molecule is Cc1ccc(NCc2ccc(OCc3ccc(Br)cc3)cc2)cc1Cl. The maximum absolute atomic E-state index is 6.15. The lowest BCUT2D eigenvalue weighted by atomic mass is 10.2. The molecule has 0 heterocycles. The minimum Gasteiger partial charge on any atom is -0.489 e. The normalized spacial score (nSPS) is 10.5. The van der Waals surface area contributed by atoms with E-state index in [0.717, 1.165) is 38.6 Å². The lowest BCUT2D eigenvalue weighted by molar-refractivity contribution is 0.306. The van der Waals surface area contributed by atoms with Gasteiger partial charge < -0.3 is 10.1 Å². The van der Waals surface area contributed by atoms with Crippen molar-refractivity contribution in [2.45, 2.75) is 20.1 Å². The molecule has 2 nitrogen and oxygen atoms in total. The molecule has 0 bridgehead atoms. The van der Waals surface area contributed by atoms with Gasteiger partial charge in [0, 0.05) is 21.7 Å². The molecule has 0 aliphatic carbocycles. The Labute approximate surface area is 161 Å². The van der Waals surface area contributed by atoms with Crippen LogP contribution >= 0.6 is 27.5 Å². The van der Waals surface area contributed by atoms with E-state index in [9.17, 15) is 0 Å². The van der Waals surface area contributed by atoms with Crippen molar-refractivity contribution in [1.29, 1.82) is 0 Å². The summed E-state index contributed by atoms with van der Waals surface area (Å²) in [6, 6.07) is 22.3. The van der Waals surface area contributed by atoms with Crippen LogP contribution in [0.3, 0.4) is 0 Å². The van der Waals surface area contributed by atoms with Gasteiger partial charge in [-0.15, -0.1) is 0 Å². The summed E-state index contributed by atoms with van der Waals surface area (Å²) in [6.07, 6.45) is 0. The van der Waals surface area contributed by atoms with Gasteiger partial charge in [-0.3, -0.25) is 0 Å². The Hall–Kier alpha value is -1.97. The van der Waals surface area contributed by atoms with Crippen LogP contribution in [-0.4, -0.2) is 0 Å². The molecule has 0 aromatic heterocycles. The van der Waals surface area contributed by atoms with Crippen molar-refractivity contribution in [3.05, 3.63) is 92.9 Å². The molecule has 0 atom stereocenters. The van der Waals surface area contributed by atoms with Gasteiger partial charge in [0.25, 0.3) is 0 Å². The first-order chi connectivity index (χ1) is 12.1. The fourth-order valence-corrected chi connectivity index (χ4v) is 2.80. The van der Waals surface area contributed by atoms with Gasteiger partial charge in [0.05, 0.1) is 0 Å². The van der Waals surface area contributed by atoms with Crippen LogP contribution in [0.15, 0.2) is 71.2 Å². The van der Waals surface area contributed by atoms with Crippen LogP contribution in [0.5, 0.6) is 5.75 Å². The van der Waals surface area contributed by atoms with E-state index in [1.54, 1.807) is 0 Å². The molecule has 0 fully saturated rings. The molecular weight excluding hydrogens is 398 g/mol. The molecular formula is C21H19BrClNO. The molecule has 3 aromatic rings. The largest absolute Gasteiger partial charge is 0.489 e. The van der Waals surface area contributed by atoms with Gasteiger partial charge >= 0.3 is 0 Å². The standard InChI is InChI=1S/C21H19BrClNO/c1-15-2-9-19(12-21(15)23)24-13-16-5-10-20(11-6-16)25-14-17-3-7-18(22)8-4-17/h2-12,24H,13-14H2,1H3. The summed E-state index contributed by atoms with van der Waals surface area (Å²) in [5.41, 5.74) is 4.43. The third-order valence-corrected chi connectivity index (χ3v) is 4.85. The van der Waals surface area contributed by atoms with Gasteiger partial charge in [-0.2, -0.15) is 0 Å². The van der Waals surface area contributed by atoms with E-state index in [2.05, 4.69) is 45.5 Å². The van der Waals surface area contributed by atoms with E-state index in [1.807, 2.05) is 49.4 Å². The molecule has 25 heavy (non-hydrogen) atoms. The topological polar surface area (TPSA) is 21.3 Å². The minimum absolute atomic E-state index is 0.562. The van der Waals surface area contributed by atoms with Crippen molar-refractivity contribution in [2.24, 2.45) is 0 Å². The summed E-state index contributed by atoms with van der Waals surface area (Å²) in [5.74, 6) is 0.866. The zero-order valence-corrected chi connectivity index (χ0v) is 16.3. The first-order valence-electron chi connectivity index (χ1n) is 8.06. The Balaban J connectivity index is 1.53. The Bertz CT molecular complexity index is 832. The van der Waals surface area contributed by atoms with Crippen LogP contribution in [0.25, 0.3) is 0 Å². The number of nitrogens with one attached hydrogen (secondary N) is 1. The van der Waals surface area contributed by atoms with Crippen LogP contribution in [-0.2, 0) is 13.2 Å². The molecule has 3 aromatic carbocycles. The summed E-state index contributed by atoms with van der Waals surface area (Å²) >= 11 is 9.59. The first kappa shape index (κ1) is 17.8. The smallest absolute Gasteiger partial charge is 0.119 e. The van der Waals surface area contributed by atoms with Crippen LogP contribution in [0.4, 0.5) is 5.69 Å². The minimum atomic E-state index is 0.562. The second kappa shape index (κ2) is 8.41. The Kier molecular flexibility index (Phi) is 6.00. The van der Waals surface area contributed by atoms with E-state index in [-0.39, 0.29) is 0 Å². The summed E-state index contributed by atoms with van der Waals surface area (Å²) in [6.45, 7) is 3.30. The van der Waals surface area contributed by atoms with Crippen LogP contribution < -0.4 is 10.1 Å². The molecule has 4 heteroatoms. The third kappa shape index (κ3) is 5.25. The van der Waals surface area contributed by atoms with Crippen molar-refractivity contribution in [2.75, 3.05) is 5.32 Å². The lowest BCUT2D eigenvalue weighted by Gasteiger charge is -2.10. The molecule has 0 amide bonds. The fourth-order valence-electron chi connectivity index (χ4n) is 2.36. The van der Waals surface area contributed by atoms with E-state index >= 15 is 0 Å². The molecule has 3 rings (SSSR count). The summed E-state index contributed by atoms with van der Waals surface area (Å²) in [7, 11) is 0. The molecule has 0 saturated heterocycles. The first-order valence-corrected chi connectivity index (χ1v) is 9.23. The highest BCUT2D eigenvalue weighted by molar-refractivity contribution is 9.10. The average Bonchev–Trinajstić information content (AvgIpc) is 2.63. The number of hydrogen-bond donors (Lipinski definition) is 1. The number of hydrogen-bond acceptors (Lipinski definition) is 2. The monoisotopic (exact) mass is 415 g/mol. The maximum atomic E-state index is 6.15. The zero-order chi connectivity index (χ0) is 17.6. The highest BCUT2D eigenvalue weighted by atomic mass is 79.9. The molecule has 0 aliphatic heterocycles. The second-order valence-corrected chi connectivity index (χ2v) is 7.20. The highest BCUT2D eigenvalue weighted by Crippen LogP contribution is 2.21. The van der Waals surface area contributed by atoms with Crippen LogP contribution in [0.1, 0.15) is 16.7 Å². The van der Waals surface area contributed by atoms with Crippen molar-refractivity contribution < 1.29 is 4.74 Å². The van der Waals surface area contributed by atoms with Crippen LogP contribution in [0, 0.1) is 6.92 Å². The van der Waals surface area contributed by atoms with Crippen molar-refractivity contribution in [3.63, 3.8) is 0 Å². The third-order valence-electron chi connectivity index (χ3n) is 3.91. The van der Waals surface area contributed by atoms with E-state index in [4.69, 9.17) is 16.3 Å². The van der Waals surface area contributed by atoms with Crippen molar-refractivity contribution in [1.82, 2.24) is 0 Å². The number of ether oxygens (including phenoxy) is 1. The molecule has 1 N–H and O–H groups in total. The number of aryl methyl sites for hydroxylation is 1.